The minimum Gasteiger partial charge on any atom is -0.493 e. The quantitative estimate of drug-likeness (QED) is 0.812. The lowest BCUT2D eigenvalue weighted by molar-refractivity contribution is 0.231. The molecule has 0 aliphatic heterocycles. The lowest BCUT2D eigenvalue weighted by Gasteiger charge is -2.11. The molecule has 0 bridgehead atoms. The van der Waals surface area contributed by atoms with Gasteiger partial charge in [-0.05, 0) is 24.3 Å². The van der Waals surface area contributed by atoms with Gasteiger partial charge in [-0.2, -0.15) is 0 Å². The van der Waals surface area contributed by atoms with Crippen molar-refractivity contribution in [2.75, 3.05) is 19.2 Å². The molecule has 0 saturated carbocycles. The Labute approximate surface area is 130 Å². The van der Waals surface area contributed by atoms with Gasteiger partial charge in [-0.3, -0.25) is 5.32 Å². The molecule has 0 aliphatic rings. The summed E-state index contributed by atoms with van der Waals surface area (Å²) in [6, 6.07) is 10.3. The molecule has 0 saturated heterocycles. The first-order valence-corrected chi connectivity index (χ1v) is 6.90. The fourth-order valence-corrected chi connectivity index (χ4v) is 1.89. The van der Waals surface area contributed by atoms with Gasteiger partial charge < -0.3 is 14.8 Å². The maximum absolute atomic E-state index is 11.7. The van der Waals surface area contributed by atoms with Gasteiger partial charge in [-0.15, -0.1) is 0 Å². The van der Waals surface area contributed by atoms with Crippen LogP contribution >= 0.6 is 15.9 Å². The van der Waals surface area contributed by atoms with Crippen LogP contribution in [-0.2, 0) is 0 Å². The number of benzene rings is 1. The largest absolute Gasteiger partial charge is 0.493 e. The van der Waals surface area contributed by atoms with Crippen molar-refractivity contribution < 1.29 is 14.3 Å². The van der Waals surface area contributed by atoms with Gasteiger partial charge in [0.2, 0.25) is 0 Å². The van der Waals surface area contributed by atoms with E-state index in [9.17, 15) is 4.79 Å². The van der Waals surface area contributed by atoms with Crippen molar-refractivity contribution >= 4 is 27.8 Å². The lowest BCUT2D eigenvalue weighted by atomic mass is 10.3. The van der Waals surface area contributed by atoms with Crippen LogP contribution < -0.4 is 20.1 Å². The number of halogens is 1. The fourth-order valence-electron chi connectivity index (χ4n) is 1.55. The number of nitrogens with one attached hydrogen (secondary N) is 2. The summed E-state index contributed by atoms with van der Waals surface area (Å²) in [4.78, 5) is 15.7. The van der Waals surface area contributed by atoms with Crippen LogP contribution in [0.3, 0.4) is 0 Å². The average Bonchev–Trinajstić information content (AvgIpc) is 2.47. The van der Waals surface area contributed by atoms with Gasteiger partial charge in [0.1, 0.15) is 5.82 Å². The highest BCUT2D eigenvalue weighted by molar-refractivity contribution is 9.10. The first-order valence-electron chi connectivity index (χ1n) is 6.11. The summed E-state index contributed by atoms with van der Waals surface area (Å²) in [5.74, 6) is 1.61. The molecule has 0 unspecified atom stereocenters. The van der Waals surface area contributed by atoms with Crippen molar-refractivity contribution in [1.82, 2.24) is 10.3 Å². The van der Waals surface area contributed by atoms with Crippen molar-refractivity contribution in [2.24, 2.45) is 0 Å². The van der Waals surface area contributed by atoms with Gasteiger partial charge in [-0.25, -0.2) is 9.78 Å². The number of pyridine rings is 1. The third-order valence-electron chi connectivity index (χ3n) is 2.49. The molecule has 2 aromatic rings. The maximum Gasteiger partial charge on any atom is 0.323 e. The van der Waals surface area contributed by atoms with Crippen LogP contribution in [0.1, 0.15) is 0 Å². The van der Waals surface area contributed by atoms with Crippen LogP contribution in [0.5, 0.6) is 11.5 Å². The maximum atomic E-state index is 11.7. The molecule has 2 rings (SSSR count). The number of methoxy groups -OCH3 is 1. The number of aromatic nitrogens is 1. The zero-order valence-electron chi connectivity index (χ0n) is 11.3. The lowest BCUT2D eigenvalue weighted by Crippen LogP contribution is -2.32. The molecule has 7 heteroatoms. The van der Waals surface area contributed by atoms with E-state index in [0.717, 1.165) is 4.47 Å². The van der Waals surface area contributed by atoms with E-state index in [1.54, 1.807) is 37.6 Å². The van der Waals surface area contributed by atoms with Crippen LogP contribution in [-0.4, -0.2) is 24.9 Å². The third-order valence-corrected chi connectivity index (χ3v) is 2.99. The molecule has 110 valence electrons. The standard InChI is InChI=1S/C14H14BrN3O3/c1-20-11-4-2-3-5-12(11)21-9-17-14(19)18-13-8-10(15)6-7-16-13/h2-8H,9H2,1H3,(H2,16,17,18,19). The first-order chi connectivity index (χ1) is 10.2. The molecule has 2 amide bonds. The molecular formula is C14H14BrN3O3. The number of ether oxygens (including phenoxy) is 2. The number of carbonyl (C=O) groups is 1. The Morgan fingerprint density at radius 3 is 2.76 bits per heavy atom. The van der Waals surface area contributed by atoms with E-state index in [1.165, 1.54) is 0 Å². The number of hydrogen-bond acceptors (Lipinski definition) is 4. The second kappa shape index (κ2) is 7.49. The summed E-state index contributed by atoms with van der Waals surface area (Å²) in [5.41, 5.74) is 0. The highest BCUT2D eigenvalue weighted by Gasteiger charge is 2.05. The van der Waals surface area contributed by atoms with Gasteiger partial charge in [0.25, 0.3) is 0 Å². The number of urea groups is 1. The summed E-state index contributed by atoms with van der Waals surface area (Å²) >= 11 is 3.30. The number of amides is 2. The SMILES string of the molecule is COc1ccccc1OCNC(=O)Nc1cc(Br)ccn1. The minimum atomic E-state index is -0.407. The Bertz CT molecular complexity index is 622. The van der Waals surface area contributed by atoms with E-state index in [-0.39, 0.29) is 6.73 Å². The Kier molecular flexibility index (Phi) is 5.39. The summed E-state index contributed by atoms with van der Waals surface area (Å²) in [5, 5.41) is 5.16. The zero-order chi connectivity index (χ0) is 15.1. The molecule has 6 nitrogen and oxygen atoms in total. The molecule has 0 spiro atoms. The Morgan fingerprint density at radius 2 is 2.05 bits per heavy atom. The van der Waals surface area contributed by atoms with Crippen LogP contribution in [0.4, 0.5) is 10.6 Å². The normalized spacial score (nSPS) is 9.81. The Morgan fingerprint density at radius 1 is 1.29 bits per heavy atom. The van der Waals surface area contributed by atoms with E-state index >= 15 is 0 Å². The molecule has 0 atom stereocenters. The van der Waals surface area contributed by atoms with E-state index in [1.807, 2.05) is 12.1 Å². The molecule has 21 heavy (non-hydrogen) atoms. The van der Waals surface area contributed by atoms with E-state index < -0.39 is 6.03 Å². The number of rotatable bonds is 5. The number of carbonyl (C=O) groups excluding carboxylic acids is 1. The molecule has 0 radical (unpaired) electrons. The van der Waals surface area contributed by atoms with E-state index in [0.29, 0.717) is 17.3 Å². The predicted octanol–water partition coefficient (Wildman–Crippen LogP) is 3.01. The van der Waals surface area contributed by atoms with Gasteiger partial charge in [0.15, 0.2) is 18.2 Å². The number of hydrogen-bond donors (Lipinski definition) is 2. The topological polar surface area (TPSA) is 72.5 Å². The first kappa shape index (κ1) is 15.1. The minimum absolute atomic E-state index is 0.0141. The number of nitrogens with zero attached hydrogens (tertiary/aromatic N) is 1. The Hall–Kier alpha value is -2.28. The molecule has 0 aliphatic carbocycles. The zero-order valence-corrected chi connectivity index (χ0v) is 12.9. The van der Waals surface area contributed by atoms with Crippen LogP contribution in [0.2, 0.25) is 0 Å². The molecule has 1 aromatic carbocycles. The van der Waals surface area contributed by atoms with Crippen LogP contribution in [0, 0.1) is 0 Å². The van der Waals surface area contributed by atoms with E-state index in [2.05, 4.69) is 31.5 Å². The highest BCUT2D eigenvalue weighted by Crippen LogP contribution is 2.25. The van der Waals surface area contributed by atoms with E-state index in [4.69, 9.17) is 9.47 Å². The summed E-state index contributed by atoms with van der Waals surface area (Å²) in [7, 11) is 1.56. The second-order valence-electron chi connectivity index (χ2n) is 3.93. The van der Waals surface area contributed by atoms with Crippen molar-refractivity contribution in [3.05, 3.63) is 47.1 Å². The monoisotopic (exact) mass is 351 g/mol. The number of para-hydroxylation sites is 2. The molecule has 1 heterocycles. The van der Waals surface area contributed by atoms with Crippen LogP contribution in [0.15, 0.2) is 47.1 Å². The van der Waals surface area contributed by atoms with Crippen molar-refractivity contribution in [2.45, 2.75) is 0 Å². The smallest absolute Gasteiger partial charge is 0.323 e. The molecule has 0 fully saturated rings. The molecule has 2 N–H and O–H groups in total. The van der Waals surface area contributed by atoms with Crippen molar-refractivity contribution in [3.8, 4) is 11.5 Å². The van der Waals surface area contributed by atoms with Gasteiger partial charge >= 0.3 is 6.03 Å². The summed E-state index contributed by atoms with van der Waals surface area (Å²) in [6.45, 7) is 0.0141. The van der Waals surface area contributed by atoms with Gasteiger partial charge in [0, 0.05) is 10.7 Å². The van der Waals surface area contributed by atoms with Crippen molar-refractivity contribution in [3.63, 3.8) is 0 Å². The number of anilines is 1. The Balaban J connectivity index is 1.82. The summed E-state index contributed by atoms with van der Waals surface area (Å²) < 4.78 is 11.4. The van der Waals surface area contributed by atoms with Crippen molar-refractivity contribution in [1.29, 1.82) is 0 Å². The third kappa shape index (κ3) is 4.64. The van der Waals surface area contributed by atoms with Crippen LogP contribution in [0.25, 0.3) is 0 Å². The summed E-state index contributed by atoms with van der Waals surface area (Å²) in [6.07, 6.45) is 1.59. The highest BCUT2D eigenvalue weighted by atomic mass is 79.9. The fraction of sp³-hybridized carbons (Fsp3) is 0.143. The van der Waals surface area contributed by atoms with Gasteiger partial charge in [0.05, 0.1) is 7.11 Å². The second-order valence-corrected chi connectivity index (χ2v) is 4.85. The van der Waals surface area contributed by atoms with Gasteiger partial charge in [-0.1, -0.05) is 28.1 Å². The molecular weight excluding hydrogens is 338 g/mol. The average molecular weight is 352 g/mol. The predicted molar refractivity (Wildman–Crippen MR) is 82.6 cm³/mol. The molecule has 1 aromatic heterocycles.